The Morgan fingerprint density at radius 2 is 1.74 bits per heavy atom. The molecule has 19 heavy (non-hydrogen) atoms. The Morgan fingerprint density at radius 1 is 1.11 bits per heavy atom. The van der Waals surface area contributed by atoms with Crippen LogP contribution in [0.1, 0.15) is 55.2 Å². The van der Waals surface area contributed by atoms with Crippen molar-refractivity contribution in [1.29, 1.82) is 0 Å². The Kier molecular flexibility index (Phi) is 5.45. The lowest BCUT2D eigenvalue weighted by Gasteiger charge is -2.19. The van der Waals surface area contributed by atoms with Gasteiger partial charge in [0.05, 0.1) is 0 Å². The first-order valence-corrected chi connectivity index (χ1v) is 7.92. The van der Waals surface area contributed by atoms with E-state index in [1.54, 1.807) is 0 Å². The van der Waals surface area contributed by atoms with E-state index >= 15 is 0 Å². The van der Waals surface area contributed by atoms with Crippen LogP contribution in [0.3, 0.4) is 0 Å². The third-order valence-corrected chi connectivity index (χ3v) is 4.57. The van der Waals surface area contributed by atoms with Gasteiger partial charge in [0.25, 0.3) is 0 Å². The molecule has 1 aliphatic rings. The van der Waals surface area contributed by atoms with Gasteiger partial charge in [0.1, 0.15) is 0 Å². The van der Waals surface area contributed by atoms with Crippen LogP contribution in [0.2, 0.25) is 0 Å². The molecule has 0 aliphatic heterocycles. The number of nitrogens with one attached hydrogen (secondary N) is 1. The predicted octanol–water partition coefficient (Wildman–Crippen LogP) is 4.40. The fourth-order valence-electron chi connectivity index (χ4n) is 3.56. The van der Waals surface area contributed by atoms with E-state index < -0.39 is 0 Å². The van der Waals surface area contributed by atoms with Crippen molar-refractivity contribution in [3.63, 3.8) is 0 Å². The van der Waals surface area contributed by atoms with Crippen LogP contribution in [0.5, 0.6) is 0 Å². The van der Waals surface area contributed by atoms with Crippen molar-refractivity contribution in [2.24, 2.45) is 5.92 Å². The fraction of sp³-hybridized carbons (Fsp3) is 0.667. The summed E-state index contributed by atoms with van der Waals surface area (Å²) in [6, 6.07) is 7.58. The van der Waals surface area contributed by atoms with Gasteiger partial charge in [-0.3, -0.25) is 0 Å². The number of hydrogen-bond acceptors (Lipinski definition) is 1. The lowest BCUT2D eigenvalue weighted by atomic mass is 9.94. The molecule has 1 unspecified atom stereocenters. The minimum absolute atomic E-state index is 0.641. The van der Waals surface area contributed by atoms with Crippen molar-refractivity contribution >= 4 is 0 Å². The molecular formula is C18H29N. The summed E-state index contributed by atoms with van der Waals surface area (Å²) >= 11 is 0. The molecule has 0 saturated heterocycles. The van der Waals surface area contributed by atoms with Gasteiger partial charge in [0, 0.05) is 6.04 Å². The van der Waals surface area contributed by atoms with Crippen molar-refractivity contribution < 1.29 is 0 Å². The second-order valence-corrected chi connectivity index (χ2v) is 6.41. The molecule has 2 rings (SSSR count). The Bertz CT molecular complexity index is 370. The van der Waals surface area contributed by atoms with Crippen LogP contribution >= 0.6 is 0 Å². The molecule has 1 heteroatoms. The summed E-state index contributed by atoms with van der Waals surface area (Å²) in [7, 11) is 2.11. The molecule has 1 atom stereocenters. The summed E-state index contributed by atoms with van der Waals surface area (Å²) in [6.45, 7) is 4.40. The lowest BCUT2D eigenvalue weighted by molar-refractivity contribution is 0.418. The van der Waals surface area contributed by atoms with Gasteiger partial charge in [-0.2, -0.15) is 0 Å². The van der Waals surface area contributed by atoms with Crippen LogP contribution in [0.25, 0.3) is 0 Å². The van der Waals surface area contributed by atoms with Gasteiger partial charge in [-0.1, -0.05) is 55.0 Å². The summed E-state index contributed by atoms with van der Waals surface area (Å²) < 4.78 is 0. The monoisotopic (exact) mass is 259 g/mol. The topological polar surface area (TPSA) is 12.0 Å². The van der Waals surface area contributed by atoms with Crippen LogP contribution in [0.4, 0.5) is 0 Å². The zero-order valence-electron chi connectivity index (χ0n) is 12.8. The SMILES string of the molecule is CNC(CCC1CCCC1)Cc1cc(C)cc(C)c1. The van der Waals surface area contributed by atoms with Gasteiger partial charge in [0.15, 0.2) is 0 Å². The average molecular weight is 259 g/mol. The molecule has 1 aromatic carbocycles. The summed E-state index contributed by atoms with van der Waals surface area (Å²) in [6.07, 6.45) is 9.79. The van der Waals surface area contributed by atoms with Crippen molar-refractivity contribution in [1.82, 2.24) is 5.32 Å². The van der Waals surface area contributed by atoms with Gasteiger partial charge in [-0.05, 0) is 51.6 Å². The first kappa shape index (κ1) is 14.6. The van der Waals surface area contributed by atoms with Crippen molar-refractivity contribution in [2.45, 2.75) is 64.8 Å². The Labute approximate surface area is 118 Å². The smallest absolute Gasteiger partial charge is 0.0105 e. The lowest BCUT2D eigenvalue weighted by Crippen LogP contribution is -2.28. The largest absolute Gasteiger partial charge is 0.317 e. The van der Waals surface area contributed by atoms with E-state index in [1.165, 1.54) is 61.6 Å². The van der Waals surface area contributed by atoms with Gasteiger partial charge >= 0.3 is 0 Å². The van der Waals surface area contributed by atoms with Crippen LogP contribution < -0.4 is 5.32 Å². The molecule has 0 radical (unpaired) electrons. The van der Waals surface area contributed by atoms with Crippen LogP contribution in [-0.4, -0.2) is 13.1 Å². The fourth-order valence-corrected chi connectivity index (χ4v) is 3.56. The van der Waals surface area contributed by atoms with E-state index in [9.17, 15) is 0 Å². The number of rotatable bonds is 6. The quantitative estimate of drug-likeness (QED) is 0.798. The van der Waals surface area contributed by atoms with Crippen LogP contribution in [-0.2, 0) is 6.42 Å². The number of likely N-dealkylation sites (N-methyl/N-ethyl adjacent to an activating group) is 1. The molecule has 1 N–H and O–H groups in total. The highest BCUT2D eigenvalue weighted by atomic mass is 14.9. The third kappa shape index (κ3) is 4.65. The summed E-state index contributed by atoms with van der Waals surface area (Å²) in [5, 5.41) is 3.51. The van der Waals surface area contributed by atoms with E-state index in [1.807, 2.05) is 0 Å². The maximum atomic E-state index is 3.51. The zero-order chi connectivity index (χ0) is 13.7. The molecule has 0 bridgehead atoms. The molecule has 1 nitrogen and oxygen atoms in total. The predicted molar refractivity (Wildman–Crippen MR) is 83.7 cm³/mol. The maximum absolute atomic E-state index is 3.51. The van der Waals surface area contributed by atoms with Crippen molar-refractivity contribution in [3.05, 3.63) is 34.9 Å². The van der Waals surface area contributed by atoms with E-state index in [2.05, 4.69) is 44.4 Å². The second-order valence-electron chi connectivity index (χ2n) is 6.41. The Hall–Kier alpha value is -0.820. The highest BCUT2D eigenvalue weighted by Gasteiger charge is 2.17. The minimum atomic E-state index is 0.641. The van der Waals surface area contributed by atoms with Gasteiger partial charge in [-0.15, -0.1) is 0 Å². The second kappa shape index (κ2) is 7.09. The molecule has 1 aliphatic carbocycles. The molecule has 106 valence electrons. The molecule has 1 saturated carbocycles. The number of aryl methyl sites for hydroxylation is 2. The first-order chi connectivity index (χ1) is 9.17. The van der Waals surface area contributed by atoms with E-state index in [0.717, 1.165) is 5.92 Å². The zero-order valence-corrected chi connectivity index (χ0v) is 12.8. The number of hydrogen-bond donors (Lipinski definition) is 1. The van der Waals surface area contributed by atoms with Crippen molar-refractivity contribution in [2.75, 3.05) is 7.05 Å². The normalized spacial score (nSPS) is 17.8. The molecule has 1 fully saturated rings. The summed E-state index contributed by atoms with van der Waals surface area (Å²) in [4.78, 5) is 0. The van der Waals surface area contributed by atoms with Gasteiger partial charge < -0.3 is 5.32 Å². The van der Waals surface area contributed by atoms with Gasteiger partial charge in [0.2, 0.25) is 0 Å². The molecule has 0 aromatic heterocycles. The minimum Gasteiger partial charge on any atom is -0.317 e. The highest BCUT2D eigenvalue weighted by molar-refractivity contribution is 5.29. The molecular weight excluding hydrogens is 230 g/mol. The molecule has 0 amide bonds. The summed E-state index contributed by atoms with van der Waals surface area (Å²) in [5.41, 5.74) is 4.27. The highest BCUT2D eigenvalue weighted by Crippen LogP contribution is 2.29. The average Bonchev–Trinajstić information content (AvgIpc) is 2.86. The number of benzene rings is 1. The summed E-state index contributed by atoms with van der Waals surface area (Å²) in [5.74, 6) is 1.01. The third-order valence-electron chi connectivity index (χ3n) is 4.57. The van der Waals surface area contributed by atoms with Crippen LogP contribution in [0.15, 0.2) is 18.2 Å². The molecule has 0 spiro atoms. The Morgan fingerprint density at radius 3 is 2.32 bits per heavy atom. The molecule has 1 aromatic rings. The molecule has 0 heterocycles. The van der Waals surface area contributed by atoms with Crippen molar-refractivity contribution in [3.8, 4) is 0 Å². The first-order valence-electron chi connectivity index (χ1n) is 7.92. The standard InChI is InChI=1S/C18H29N/c1-14-10-15(2)12-17(11-14)13-18(19-3)9-8-16-6-4-5-7-16/h10-12,16,18-19H,4-9,13H2,1-3H3. The maximum Gasteiger partial charge on any atom is 0.0105 e. The van der Waals surface area contributed by atoms with Crippen LogP contribution in [0, 0.1) is 19.8 Å². The van der Waals surface area contributed by atoms with E-state index in [0.29, 0.717) is 6.04 Å². The Balaban J connectivity index is 1.86. The van der Waals surface area contributed by atoms with E-state index in [4.69, 9.17) is 0 Å². The van der Waals surface area contributed by atoms with E-state index in [-0.39, 0.29) is 0 Å². The van der Waals surface area contributed by atoms with Gasteiger partial charge in [-0.25, -0.2) is 0 Å².